The zero-order valence-electron chi connectivity index (χ0n) is 16.6. The third-order valence-electron chi connectivity index (χ3n) is 4.81. The summed E-state index contributed by atoms with van der Waals surface area (Å²) in [6, 6.07) is 13.6. The summed E-state index contributed by atoms with van der Waals surface area (Å²) in [5.41, 5.74) is 1.70. The largest absolute Gasteiger partial charge is 0.510 e. The van der Waals surface area contributed by atoms with Crippen LogP contribution in [0.2, 0.25) is 0 Å². The predicted molar refractivity (Wildman–Crippen MR) is 134 cm³/mol. The molecule has 4 aromatic heterocycles. The Morgan fingerprint density at radius 2 is 2.06 bits per heavy atom. The number of hydrogen-bond acceptors (Lipinski definition) is 9. The van der Waals surface area contributed by atoms with Gasteiger partial charge in [0, 0.05) is 22.9 Å². The van der Waals surface area contributed by atoms with Crippen LogP contribution in [0.5, 0.6) is 0 Å². The van der Waals surface area contributed by atoms with Gasteiger partial charge < -0.3 is 5.11 Å². The van der Waals surface area contributed by atoms with Gasteiger partial charge in [0.2, 0.25) is 0 Å². The summed E-state index contributed by atoms with van der Waals surface area (Å²) < 4.78 is 2.44. The highest BCUT2D eigenvalue weighted by Gasteiger charge is 2.18. The lowest BCUT2D eigenvalue weighted by Gasteiger charge is -2.08. The van der Waals surface area contributed by atoms with Crippen molar-refractivity contribution in [3.63, 3.8) is 0 Å². The fourth-order valence-corrected chi connectivity index (χ4v) is 6.85. The van der Waals surface area contributed by atoms with Gasteiger partial charge in [0.1, 0.15) is 27.2 Å². The van der Waals surface area contributed by atoms with E-state index >= 15 is 0 Å². The number of thiophene rings is 2. The molecule has 0 saturated heterocycles. The average Bonchev–Trinajstić information content (AvgIpc) is 3.54. The fraction of sp³-hybridized carbons (Fsp3) is 0.0909. The van der Waals surface area contributed by atoms with E-state index in [0.717, 1.165) is 20.7 Å². The predicted octanol–water partition coefficient (Wildman–Crippen LogP) is 5.92. The van der Waals surface area contributed by atoms with E-state index in [2.05, 4.69) is 16.0 Å². The average molecular weight is 495 g/mol. The number of aliphatic hydroxyl groups is 1. The van der Waals surface area contributed by atoms with Crippen LogP contribution in [0.4, 0.5) is 0 Å². The van der Waals surface area contributed by atoms with Gasteiger partial charge in [0.25, 0.3) is 5.56 Å². The first-order valence-corrected chi connectivity index (χ1v) is 13.0. The molecule has 1 aromatic carbocycles. The van der Waals surface area contributed by atoms with Crippen LogP contribution in [-0.4, -0.2) is 25.4 Å². The lowest BCUT2D eigenvalue weighted by atomic mass is 10.2. The third-order valence-corrected chi connectivity index (χ3v) is 8.68. The molecule has 0 amide bonds. The summed E-state index contributed by atoms with van der Waals surface area (Å²) in [6.45, 7) is 0. The lowest BCUT2D eigenvalue weighted by Crippen LogP contribution is -2.19. The monoisotopic (exact) mass is 494 g/mol. The Morgan fingerprint density at radius 1 is 1.22 bits per heavy atom. The highest BCUT2D eigenvalue weighted by molar-refractivity contribution is 7.99. The Kier molecular flexibility index (Phi) is 5.57. The van der Waals surface area contributed by atoms with Crippen LogP contribution < -0.4 is 5.56 Å². The van der Waals surface area contributed by atoms with Gasteiger partial charge >= 0.3 is 0 Å². The number of thioether (sulfide) groups is 1. The van der Waals surface area contributed by atoms with E-state index in [1.807, 2.05) is 47.2 Å². The number of thiazole rings is 1. The zero-order chi connectivity index (χ0) is 22.2. The van der Waals surface area contributed by atoms with Crippen molar-refractivity contribution in [3.8, 4) is 16.5 Å². The normalized spacial score (nSPS) is 12.2. The summed E-state index contributed by atoms with van der Waals surface area (Å²) in [7, 11) is 1.67. The lowest BCUT2D eigenvalue weighted by molar-refractivity contribution is 0.420. The molecule has 0 aliphatic rings. The van der Waals surface area contributed by atoms with Gasteiger partial charge in [-0.05, 0) is 23.6 Å². The number of nitriles is 1. The minimum atomic E-state index is -0.128. The minimum absolute atomic E-state index is 0.0867. The van der Waals surface area contributed by atoms with Crippen molar-refractivity contribution >= 4 is 71.8 Å². The van der Waals surface area contributed by atoms with Crippen LogP contribution in [0.25, 0.3) is 36.4 Å². The smallest absolute Gasteiger partial charge is 0.263 e. The summed E-state index contributed by atoms with van der Waals surface area (Å²) in [5, 5.41) is 25.8. The summed E-state index contributed by atoms with van der Waals surface area (Å²) >= 11 is 5.59. The van der Waals surface area contributed by atoms with E-state index < -0.39 is 0 Å². The number of rotatable bonds is 5. The highest BCUT2D eigenvalue weighted by atomic mass is 32.2. The Labute approximate surface area is 198 Å². The molecule has 0 spiro atoms. The van der Waals surface area contributed by atoms with Gasteiger partial charge in [0.15, 0.2) is 5.16 Å². The van der Waals surface area contributed by atoms with Crippen molar-refractivity contribution in [2.24, 2.45) is 7.05 Å². The van der Waals surface area contributed by atoms with Crippen LogP contribution in [0.15, 0.2) is 62.9 Å². The molecule has 10 heteroatoms. The molecule has 5 aromatic rings. The second-order valence-electron chi connectivity index (χ2n) is 6.77. The van der Waals surface area contributed by atoms with Crippen LogP contribution in [0.3, 0.4) is 0 Å². The van der Waals surface area contributed by atoms with Gasteiger partial charge in [0.05, 0.1) is 21.4 Å². The molecule has 0 atom stereocenters. The maximum atomic E-state index is 13.1. The molecule has 0 fully saturated rings. The van der Waals surface area contributed by atoms with Crippen LogP contribution in [0.1, 0.15) is 5.01 Å². The molecule has 4 heterocycles. The fourth-order valence-electron chi connectivity index (χ4n) is 3.22. The van der Waals surface area contributed by atoms with Gasteiger partial charge in [-0.25, -0.2) is 9.97 Å². The summed E-state index contributed by atoms with van der Waals surface area (Å²) in [5.74, 6) is 0.0182. The third kappa shape index (κ3) is 3.63. The highest BCUT2D eigenvalue weighted by Crippen LogP contribution is 2.35. The molecule has 0 aliphatic heterocycles. The molecule has 5 rings (SSSR count). The molecule has 0 bridgehead atoms. The van der Waals surface area contributed by atoms with Gasteiger partial charge in [-0.15, -0.1) is 34.0 Å². The van der Waals surface area contributed by atoms with Crippen molar-refractivity contribution in [2.45, 2.75) is 5.16 Å². The molecule has 0 radical (unpaired) electrons. The van der Waals surface area contributed by atoms with Crippen molar-refractivity contribution in [1.82, 2.24) is 14.5 Å². The van der Waals surface area contributed by atoms with Crippen molar-refractivity contribution < 1.29 is 5.11 Å². The Balaban J connectivity index is 1.47. The van der Waals surface area contributed by atoms with Gasteiger partial charge in [-0.2, -0.15) is 5.26 Å². The molecule has 0 saturated carbocycles. The van der Waals surface area contributed by atoms with Crippen LogP contribution in [-0.2, 0) is 7.05 Å². The Bertz CT molecular complexity index is 1550. The number of para-hydroxylation sites is 1. The number of aromatic nitrogens is 3. The first-order chi connectivity index (χ1) is 15.6. The van der Waals surface area contributed by atoms with E-state index in [0.29, 0.717) is 20.4 Å². The molecule has 0 aliphatic carbocycles. The zero-order valence-corrected chi connectivity index (χ0v) is 19.9. The van der Waals surface area contributed by atoms with E-state index in [-0.39, 0.29) is 22.6 Å². The number of fused-ring (bicyclic) bond motifs is 2. The molecular formula is C22H14N4O2S4. The maximum Gasteiger partial charge on any atom is 0.263 e. The molecular weight excluding hydrogens is 481 g/mol. The SMILES string of the molecule is Cn1c(SC/C(O)=C(\C#N)c2nc3ccccc3s2)nc2scc(-c3cccs3)c2c1=O. The molecule has 1 N–H and O–H groups in total. The molecule has 158 valence electrons. The quantitative estimate of drug-likeness (QED) is 0.141. The van der Waals surface area contributed by atoms with E-state index in [1.165, 1.54) is 39.0 Å². The topological polar surface area (TPSA) is 91.8 Å². The van der Waals surface area contributed by atoms with Crippen molar-refractivity contribution in [2.75, 3.05) is 5.75 Å². The Morgan fingerprint density at radius 3 is 2.81 bits per heavy atom. The number of allylic oxidation sites excluding steroid dienone is 1. The molecule has 32 heavy (non-hydrogen) atoms. The molecule has 6 nitrogen and oxygen atoms in total. The second-order valence-corrected chi connectivity index (χ2v) is 10.6. The number of aliphatic hydroxyl groups excluding tert-OH is 1. The Hall–Kier alpha value is -2.97. The number of benzene rings is 1. The number of hydrogen-bond donors (Lipinski definition) is 1. The standard InChI is InChI=1S/C22H14N4O2S4/c1-26-21(28)18-13(16-7-4-8-29-16)10-30-20(18)25-22(26)31-11-15(27)12(9-23)19-24-14-5-2-3-6-17(14)32-19/h2-8,10,27H,11H2,1H3/b15-12-. The second kappa shape index (κ2) is 8.52. The van der Waals surface area contributed by atoms with Gasteiger partial charge in [-0.3, -0.25) is 9.36 Å². The first kappa shape index (κ1) is 20.9. The summed E-state index contributed by atoms with van der Waals surface area (Å²) in [6.07, 6.45) is 0. The van der Waals surface area contributed by atoms with Crippen LogP contribution >= 0.6 is 45.8 Å². The van der Waals surface area contributed by atoms with Crippen molar-refractivity contribution in [3.05, 3.63) is 68.3 Å². The minimum Gasteiger partial charge on any atom is -0.510 e. The number of nitrogens with zero attached hydrogens (tertiary/aromatic N) is 4. The van der Waals surface area contributed by atoms with Crippen LogP contribution in [0, 0.1) is 11.3 Å². The van der Waals surface area contributed by atoms with Crippen molar-refractivity contribution in [1.29, 1.82) is 5.26 Å². The molecule has 0 unspecified atom stereocenters. The maximum absolute atomic E-state index is 13.1. The van der Waals surface area contributed by atoms with E-state index in [9.17, 15) is 15.2 Å². The van der Waals surface area contributed by atoms with E-state index in [4.69, 9.17) is 0 Å². The van der Waals surface area contributed by atoms with Gasteiger partial charge in [-0.1, -0.05) is 30.0 Å². The first-order valence-electron chi connectivity index (χ1n) is 9.40. The summed E-state index contributed by atoms with van der Waals surface area (Å²) in [4.78, 5) is 23.9. The van der Waals surface area contributed by atoms with E-state index in [1.54, 1.807) is 18.4 Å².